The first-order valence-corrected chi connectivity index (χ1v) is 9.81. The number of hydrogen-bond acceptors (Lipinski definition) is 7. The van der Waals surface area contributed by atoms with Gasteiger partial charge in [-0.25, -0.2) is 0 Å². The number of thiocarbonyl (C=S) groups is 1. The third-order valence-corrected chi connectivity index (χ3v) is 5.61. The zero-order valence-corrected chi connectivity index (χ0v) is 16.9. The number of furan rings is 1. The predicted octanol–water partition coefficient (Wildman–Crippen LogP) is 4.23. The van der Waals surface area contributed by atoms with Crippen LogP contribution >= 0.6 is 24.0 Å². The lowest BCUT2D eigenvalue weighted by Gasteiger charge is -2.13. The zero-order chi connectivity index (χ0) is 21.1. The maximum Gasteiger partial charge on any atom is 0.303 e. The molecule has 1 amide bonds. The van der Waals surface area contributed by atoms with Gasteiger partial charge in [0, 0.05) is 36.2 Å². The van der Waals surface area contributed by atoms with Gasteiger partial charge in [0.25, 0.3) is 11.6 Å². The number of carbonyl (C=O) groups is 2. The highest BCUT2D eigenvalue weighted by Gasteiger charge is 2.32. The van der Waals surface area contributed by atoms with Gasteiger partial charge in [0.15, 0.2) is 0 Å². The molecule has 0 bridgehead atoms. The largest absolute Gasteiger partial charge is 0.481 e. The highest BCUT2D eigenvalue weighted by atomic mass is 32.2. The molecule has 0 aliphatic carbocycles. The summed E-state index contributed by atoms with van der Waals surface area (Å²) in [5, 5.41) is 19.8. The van der Waals surface area contributed by atoms with E-state index in [0.717, 1.165) is 11.8 Å². The summed E-state index contributed by atoms with van der Waals surface area (Å²) in [6.45, 7) is 1.90. The second-order valence-corrected chi connectivity index (χ2v) is 7.97. The van der Waals surface area contributed by atoms with Gasteiger partial charge in [-0.3, -0.25) is 24.6 Å². The van der Waals surface area contributed by atoms with Crippen LogP contribution in [0.4, 0.5) is 5.69 Å². The summed E-state index contributed by atoms with van der Waals surface area (Å²) >= 11 is 6.33. The van der Waals surface area contributed by atoms with Crippen molar-refractivity contribution in [2.75, 3.05) is 6.54 Å². The van der Waals surface area contributed by atoms with Crippen LogP contribution in [0.2, 0.25) is 0 Å². The van der Waals surface area contributed by atoms with E-state index in [0.29, 0.717) is 38.3 Å². The molecule has 0 atom stereocenters. The first-order valence-electron chi connectivity index (χ1n) is 8.58. The monoisotopic (exact) mass is 432 g/mol. The number of carboxylic acid groups (broad SMARTS) is 1. The summed E-state index contributed by atoms with van der Waals surface area (Å²) in [4.78, 5) is 35.6. The van der Waals surface area contributed by atoms with Crippen LogP contribution in [0.15, 0.2) is 39.7 Å². The Bertz CT molecular complexity index is 1040. The molecule has 1 N–H and O–H groups in total. The molecular formula is C19H16N2O6S2. The lowest BCUT2D eigenvalue weighted by molar-refractivity contribution is -0.385. The van der Waals surface area contributed by atoms with Crippen molar-refractivity contribution in [3.05, 3.63) is 56.7 Å². The van der Waals surface area contributed by atoms with Gasteiger partial charge in [-0.15, -0.1) is 0 Å². The fourth-order valence-corrected chi connectivity index (χ4v) is 4.04. The highest BCUT2D eigenvalue weighted by Crippen LogP contribution is 2.34. The molecule has 29 heavy (non-hydrogen) atoms. The number of rotatable bonds is 7. The van der Waals surface area contributed by atoms with Gasteiger partial charge in [0.1, 0.15) is 15.8 Å². The van der Waals surface area contributed by atoms with Crippen LogP contribution in [0.1, 0.15) is 24.2 Å². The normalized spacial score (nSPS) is 15.3. The van der Waals surface area contributed by atoms with E-state index in [1.807, 2.05) is 0 Å². The van der Waals surface area contributed by atoms with Crippen LogP contribution < -0.4 is 0 Å². The summed E-state index contributed by atoms with van der Waals surface area (Å²) in [5.41, 5.74) is 1.11. The van der Waals surface area contributed by atoms with Crippen LogP contribution in [0.3, 0.4) is 0 Å². The van der Waals surface area contributed by atoms with Crippen LogP contribution in [0.25, 0.3) is 17.4 Å². The molecule has 0 unspecified atom stereocenters. The number of nitrogens with zero attached hydrogens (tertiary/aromatic N) is 2. The Balaban J connectivity index is 1.77. The zero-order valence-electron chi connectivity index (χ0n) is 15.3. The molecular weight excluding hydrogens is 416 g/mol. The molecule has 0 spiro atoms. The van der Waals surface area contributed by atoms with Crippen molar-refractivity contribution in [3.8, 4) is 11.3 Å². The number of thioether (sulfide) groups is 1. The average Bonchev–Trinajstić information content (AvgIpc) is 3.22. The first-order chi connectivity index (χ1) is 13.8. The minimum absolute atomic E-state index is 0.00248. The number of nitro benzene ring substituents is 1. The minimum atomic E-state index is -0.926. The molecule has 2 heterocycles. The summed E-state index contributed by atoms with van der Waals surface area (Å²) in [6.07, 6.45) is 1.83. The van der Waals surface area contributed by atoms with Crippen molar-refractivity contribution >= 4 is 51.9 Å². The molecule has 1 aliphatic rings. The number of amides is 1. The van der Waals surface area contributed by atoms with Crippen LogP contribution in [0.5, 0.6) is 0 Å². The summed E-state index contributed by atoms with van der Waals surface area (Å²) < 4.78 is 6.10. The number of hydrogen-bond donors (Lipinski definition) is 1. The van der Waals surface area contributed by atoms with Gasteiger partial charge in [-0.05, 0) is 25.5 Å². The maximum absolute atomic E-state index is 12.5. The van der Waals surface area contributed by atoms with Crippen molar-refractivity contribution in [1.29, 1.82) is 0 Å². The number of aliphatic carboxylic acids is 1. The van der Waals surface area contributed by atoms with Gasteiger partial charge in [-0.1, -0.05) is 36.1 Å². The Morgan fingerprint density at radius 2 is 2.14 bits per heavy atom. The third-order valence-electron chi connectivity index (χ3n) is 4.24. The molecule has 1 fully saturated rings. The van der Waals surface area contributed by atoms with Crippen molar-refractivity contribution in [3.63, 3.8) is 0 Å². The minimum Gasteiger partial charge on any atom is -0.481 e. The molecule has 10 heteroatoms. The Hall–Kier alpha value is -2.98. The fourth-order valence-electron chi connectivity index (χ4n) is 2.76. The quantitative estimate of drug-likeness (QED) is 0.299. The van der Waals surface area contributed by atoms with E-state index < -0.39 is 10.9 Å². The van der Waals surface area contributed by atoms with E-state index in [4.69, 9.17) is 21.7 Å². The van der Waals surface area contributed by atoms with E-state index in [2.05, 4.69) is 0 Å². The van der Waals surface area contributed by atoms with Crippen molar-refractivity contribution in [1.82, 2.24) is 4.90 Å². The highest BCUT2D eigenvalue weighted by molar-refractivity contribution is 8.26. The molecule has 1 saturated heterocycles. The van der Waals surface area contributed by atoms with Crippen molar-refractivity contribution in [2.24, 2.45) is 0 Å². The Morgan fingerprint density at radius 3 is 2.83 bits per heavy atom. The molecule has 1 aromatic carbocycles. The van der Waals surface area contributed by atoms with Crippen molar-refractivity contribution < 1.29 is 24.0 Å². The maximum atomic E-state index is 12.5. The lowest BCUT2D eigenvalue weighted by Crippen LogP contribution is -2.29. The van der Waals surface area contributed by atoms with E-state index >= 15 is 0 Å². The molecule has 3 rings (SSSR count). The van der Waals surface area contributed by atoms with Gasteiger partial charge in [0.2, 0.25) is 0 Å². The molecule has 150 valence electrons. The number of nitro groups is 1. The number of carboxylic acids is 1. The van der Waals surface area contributed by atoms with E-state index in [-0.39, 0.29) is 24.6 Å². The van der Waals surface area contributed by atoms with Crippen LogP contribution in [0, 0.1) is 17.0 Å². The summed E-state index contributed by atoms with van der Waals surface area (Å²) in [7, 11) is 0. The Labute approximate surface area is 175 Å². The van der Waals surface area contributed by atoms with E-state index in [1.54, 1.807) is 37.3 Å². The van der Waals surface area contributed by atoms with Gasteiger partial charge >= 0.3 is 5.97 Å². The van der Waals surface area contributed by atoms with Crippen LogP contribution in [-0.4, -0.2) is 37.7 Å². The summed E-state index contributed by atoms with van der Waals surface area (Å²) in [5.74, 6) is -0.370. The smallest absolute Gasteiger partial charge is 0.303 e. The SMILES string of the molecule is Cc1ccc(-c2ccc(/C=C3/SC(=S)N(CCCC(=O)O)C3=O)o2)cc1[N+](=O)[O-]. The van der Waals surface area contributed by atoms with E-state index in [1.165, 1.54) is 11.0 Å². The van der Waals surface area contributed by atoms with E-state index in [9.17, 15) is 19.7 Å². The molecule has 0 saturated carbocycles. The second kappa shape index (κ2) is 8.58. The van der Waals surface area contributed by atoms with Crippen molar-refractivity contribution in [2.45, 2.75) is 19.8 Å². The predicted molar refractivity (Wildman–Crippen MR) is 112 cm³/mol. The van der Waals surface area contributed by atoms with Crippen LogP contribution in [-0.2, 0) is 9.59 Å². The molecule has 1 aromatic heterocycles. The topological polar surface area (TPSA) is 114 Å². The third kappa shape index (κ3) is 4.72. The van der Waals surface area contributed by atoms with Gasteiger partial charge in [0.05, 0.1) is 9.83 Å². The molecule has 0 radical (unpaired) electrons. The number of benzene rings is 1. The summed E-state index contributed by atoms with van der Waals surface area (Å²) in [6, 6.07) is 8.16. The Kier molecular flexibility index (Phi) is 6.14. The van der Waals surface area contributed by atoms with Gasteiger partial charge in [-0.2, -0.15) is 0 Å². The first kappa shape index (κ1) is 20.7. The van der Waals surface area contributed by atoms with Gasteiger partial charge < -0.3 is 9.52 Å². The fraction of sp³-hybridized carbons (Fsp3) is 0.211. The standard InChI is InChI=1S/C19H16N2O6S2/c1-11-4-5-12(9-14(11)21(25)26)15-7-6-13(27-15)10-16-18(24)20(19(28)29-16)8-2-3-17(22)23/h4-7,9-10H,2-3,8H2,1H3,(H,22,23)/b16-10+. The molecule has 8 nitrogen and oxygen atoms in total. The number of carbonyl (C=O) groups excluding carboxylic acids is 1. The Morgan fingerprint density at radius 1 is 1.38 bits per heavy atom. The second-order valence-electron chi connectivity index (χ2n) is 6.29. The number of aryl methyl sites for hydroxylation is 1. The lowest BCUT2D eigenvalue weighted by atomic mass is 10.1. The average molecular weight is 432 g/mol. The molecule has 1 aliphatic heterocycles. The molecule has 2 aromatic rings.